The predicted molar refractivity (Wildman–Crippen MR) is 486 cm³/mol. The highest BCUT2D eigenvalue weighted by atomic mass is 32.1. The number of hydrogen-bond donors (Lipinski definition) is 3. The SMILES string of the molecule is C=CC(=O)Nc1cc(N2CCN(CC)CC2)ccc1Cc1cc2c(cn1)CC(C(=O)c1c(F)c(OC)cc(OC)c1F)=C2.C=CC(=O)Nc1cc(N2CCN(CC)CC2)ccc1Cc1cc2cc(C(=O)c3c(F)c(OC)cc(OC)c3F)oc2cn1.C=CC(=O)Nc1cc(N2CCN(CC)CC2)ccc1Cc1cc2cc(C(=O)c3c(F)c(OC)cc(OC)c3F)sc2cn1. The van der Waals surface area contributed by atoms with Crippen molar-refractivity contribution in [2.45, 2.75) is 46.5 Å². The molecule has 25 nitrogen and oxygen atoms in total. The first kappa shape index (κ1) is 93.0. The fourth-order valence-corrected chi connectivity index (χ4v) is 16.7. The van der Waals surface area contributed by atoms with Gasteiger partial charge >= 0.3 is 0 Å². The average Bonchev–Trinajstić information content (AvgIpc) is 1.70. The monoisotopic (exact) mass is 1780 g/mol. The van der Waals surface area contributed by atoms with Gasteiger partial charge in [-0.3, -0.25) is 43.7 Å². The van der Waals surface area contributed by atoms with Gasteiger partial charge in [0.2, 0.25) is 29.3 Å². The zero-order valence-corrected chi connectivity index (χ0v) is 73.7. The standard InChI is InChI=1S/C33H34F2N4O4.C32H32F2N4O5.C32H32F2N4O4S/c1-5-29(40)37-26-17-25(39-11-9-38(6-2)10-12-39)8-7-20(26)15-24-16-21-13-22(14-23(21)19-36-24)33(41)30-31(34)27(42-3)18-28(43-4)32(30)35;2*1-5-28(39)36-23-16-22(38-11-9-37(6-2)10-12-38)8-7-19(23)13-21-14-20-15-26(43-27(20)18-35-21)32(40)29-30(33)24(41-3)17-25(42-4)31(29)34/h5,7-8,13,16-19H,1,6,9-12,14-15H2,2-4H3,(H,37,40);2*5,7-8,14-18H,1,6,9-13H2,2-4H3,(H,36,39). The van der Waals surface area contributed by atoms with Crippen molar-refractivity contribution in [2.75, 3.05) is 171 Å². The van der Waals surface area contributed by atoms with Gasteiger partial charge in [-0.25, -0.2) is 26.3 Å². The number of thiophene rings is 1. The first-order valence-corrected chi connectivity index (χ1v) is 42.6. The van der Waals surface area contributed by atoms with Gasteiger partial charge in [0.05, 0.1) is 58.4 Å². The topological polar surface area (TPSA) is 265 Å². The normalized spacial score (nSPS) is 14.0. The molecule has 3 amide bonds. The molecule has 1 aliphatic carbocycles. The van der Waals surface area contributed by atoms with Crippen LogP contribution in [0.2, 0.25) is 0 Å². The number of pyridine rings is 3. The highest BCUT2D eigenvalue weighted by molar-refractivity contribution is 7.21. The van der Waals surface area contributed by atoms with Crippen LogP contribution < -0.4 is 59.1 Å². The van der Waals surface area contributed by atoms with Crippen LogP contribution in [-0.2, 0) is 40.1 Å². The summed E-state index contributed by atoms with van der Waals surface area (Å²) in [6, 6.07) is 29.5. The second-order valence-corrected chi connectivity index (χ2v) is 31.7. The summed E-state index contributed by atoms with van der Waals surface area (Å²) in [5.41, 5.74) is 9.33. The summed E-state index contributed by atoms with van der Waals surface area (Å²) in [5, 5.41) is 9.99. The molecular weight excluding hydrogens is 1690 g/mol. The molecule has 8 heterocycles. The number of carbonyl (C=O) groups is 6. The number of methoxy groups -OCH3 is 6. The number of Topliss-reactive ketones (excluding diaryl/α,β-unsaturated/α-hetero) is 1. The van der Waals surface area contributed by atoms with Crippen molar-refractivity contribution in [3.8, 4) is 34.5 Å². The maximum absolute atomic E-state index is 15.0. The number of hydrogen-bond acceptors (Lipinski definition) is 23. The Morgan fingerprint density at radius 3 is 1.14 bits per heavy atom. The van der Waals surface area contributed by atoms with Crippen LogP contribution in [0.4, 0.5) is 60.5 Å². The van der Waals surface area contributed by atoms with Crippen molar-refractivity contribution < 1.29 is 87.9 Å². The number of fused-ring (bicyclic) bond motifs is 3. The van der Waals surface area contributed by atoms with Crippen molar-refractivity contribution in [3.05, 3.63) is 272 Å². The number of piperazine rings is 3. The third-order valence-corrected chi connectivity index (χ3v) is 24.2. The zero-order chi connectivity index (χ0) is 92.0. The molecule has 0 bridgehead atoms. The lowest BCUT2D eigenvalue weighted by Crippen LogP contribution is -2.46. The van der Waals surface area contributed by atoms with Crippen LogP contribution in [0.3, 0.4) is 0 Å². The van der Waals surface area contributed by atoms with Gasteiger partial charge in [0.15, 0.2) is 86.5 Å². The Hall–Kier alpha value is -13.7. The van der Waals surface area contributed by atoms with Crippen molar-refractivity contribution in [1.29, 1.82) is 0 Å². The van der Waals surface area contributed by atoms with Gasteiger partial charge < -0.3 is 78.2 Å². The first-order chi connectivity index (χ1) is 62.3. The number of ketones is 3. The van der Waals surface area contributed by atoms with Gasteiger partial charge in [-0.05, 0) is 144 Å². The minimum Gasteiger partial charge on any atom is -0.494 e. The first-order valence-electron chi connectivity index (χ1n) is 41.8. The largest absolute Gasteiger partial charge is 0.494 e. The number of nitrogens with one attached hydrogen (secondary N) is 3. The van der Waals surface area contributed by atoms with Crippen molar-refractivity contribution >= 4 is 108 Å². The van der Waals surface area contributed by atoms with Crippen LogP contribution in [0.25, 0.3) is 27.1 Å². The molecule has 3 saturated heterocycles. The van der Waals surface area contributed by atoms with E-state index in [0.717, 1.165) is 173 Å². The molecule has 129 heavy (non-hydrogen) atoms. The summed E-state index contributed by atoms with van der Waals surface area (Å²) in [6.45, 7) is 31.5. The smallest absolute Gasteiger partial charge is 0.247 e. The number of furan rings is 1. The van der Waals surface area contributed by atoms with Crippen LogP contribution in [0, 0.1) is 34.9 Å². The Kier molecular flexibility index (Phi) is 30.1. The molecule has 4 aliphatic rings. The average molecular weight is 1790 g/mol. The van der Waals surface area contributed by atoms with E-state index in [1.165, 1.54) is 73.2 Å². The Labute approximate surface area is 746 Å². The number of aromatic nitrogens is 3. The summed E-state index contributed by atoms with van der Waals surface area (Å²) in [7, 11) is 7.33. The zero-order valence-electron chi connectivity index (χ0n) is 72.9. The molecule has 3 N–H and O–H groups in total. The molecule has 15 rings (SSSR count). The van der Waals surface area contributed by atoms with Crippen LogP contribution in [0.5, 0.6) is 34.5 Å². The van der Waals surface area contributed by atoms with E-state index in [2.05, 4.69) is 107 Å². The lowest BCUT2D eigenvalue weighted by Gasteiger charge is -2.35. The number of amides is 3. The Morgan fingerprint density at radius 1 is 0.419 bits per heavy atom. The highest BCUT2D eigenvalue weighted by Crippen LogP contribution is 2.41. The fraction of sp³-hybridized carbons (Fsp3) is 0.289. The van der Waals surface area contributed by atoms with Gasteiger partial charge in [-0.2, -0.15) is 0 Å². The molecule has 3 fully saturated rings. The molecule has 672 valence electrons. The number of halogens is 6. The third kappa shape index (κ3) is 21.0. The van der Waals surface area contributed by atoms with Gasteiger partial charge in [0.1, 0.15) is 16.7 Å². The molecule has 11 aromatic rings. The van der Waals surface area contributed by atoms with Gasteiger partial charge in [0, 0.05) is 197 Å². The number of nitrogens with zero attached hydrogens (tertiary/aromatic N) is 9. The molecule has 0 spiro atoms. The van der Waals surface area contributed by atoms with E-state index < -0.39 is 68.9 Å². The highest BCUT2D eigenvalue weighted by Gasteiger charge is 2.34. The summed E-state index contributed by atoms with van der Waals surface area (Å²) in [4.78, 5) is 104. The minimum atomic E-state index is -1.16. The molecule has 3 aliphatic heterocycles. The number of anilines is 6. The second kappa shape index (κ2) is 41.8. The van der Waals surface area contributed by atoms with E-state index in [9.17, 15) is 46.3 Å². The van der Waals surface area contributed by atoms with Crippen LogP contribution in [-0.4, -0.2) is 206 Å². The van der Waals surface area contributed by atoms with E-state index in [-0.39, 0.29) is 80.4 Å². The van der Waals surface area contributed by atoms with Crippen molar-refractivity contribution in [1.82, 2.24) is 29.7 Å². The Bertz CT molecular complexity index is 5840. The Balaban J connectivity index is 0.000000165. The number of rotatable bonds is 30. The number of carbonyl (C=O) groups excluding carboxylic acids is 6. The third-order valence-electron chi connectivity index (χ3n) is 23.1. The number of ether oxygens (including phenoxy) is 6. The quantitative estimate of drug-likeness (QED) is 0.0214. The maximum Gasteiger partial charge on any atom is 0.247 e. The van der Waals surface area contributed by atoms with E-state index >= 15 is 8.78 Å². The van der Waals surface area contributed by atoms with E-state index in [1.54, 1.807) is 30.6 Å². The van der Waals surface area contributed by atoms with Crippen LogP contribution >= 0.6 is 11.3 Å². The van der Waals surface area contributed by atoms with E-state index in [4.69, 9.17) is 32.8 Å². The molecule has 0 unspecified atom stereocenters. The lowest BCUT2D eigenvalue weighted by atomic mass is 10.00. The summed E-state index contributed by atoms with van der Waals surface area (Å²) in [5.74, 6) is -12.3. The maximum atomic E-state index is 15.0. The summed E-state index contributed by atoms with van der Waals surface area (Å²) >= 11 is 1.09. The fourth-order valence-electron chi connectivity index (χ4n) is 15.8. The lowest BCUT2D eigenvalue weighted by molar-refractivity contribution is -0.112. The molecule has 32 heteroatoms. The number of allylic oxidation sites excluding steroid dienone is 1. The van der Waals surface area contributed by atoms with Crippen molar-refractivity contribution in [2.24, 2.45) is 0 Å². The summed E-state index contributed by atoms with van der Waals surface area (Å²) < 4.78 is 126. The molecule has 0 atom stereocenters. The van der Waals surface area contributed by atoms with Crippen LogP contribution in [0.1, 0.15) is 107 Å². The molecule has 0 radical (unpaired) electrons. The van der Waals surface area contributed by atoms with Gasteiger partial charge in [-0.15, -0.1) is 11.3 Å². The van der Waals surface area contributed by atoms with Crippen LogP contribution in [0.15, 0.2) is 170 Å². The summed E-state index contributed by atoms with van der Waals surface area (Å²) in [6.07, 6.45) is 11.4. The molecule has 0 saturated carbocycles. The predicted octanol–water partition coefficient (Wildman–Crippen LogP) is 15.9. The van der Waals surface area contributed by atoms with E-state index in [0.29, 0.717) is 68.9 Å². The van der Waals surface area contributed by atoms with E-state index in [1.807, 2.05) is 60.7 Å². The Morgan fingerprint density at radius 2 is 0.767 bits per heavy atom. The minimum absolute atomic E-state index is 0.147. The molecular formula is C97H98F6N12O13S. The molecule has 6 aromatic carbocycles. The number of benzene rings is 6. The van der Waals surface area contributed by atoms with Gasteiger partial charge in [0.25, 0.3) is 0 Å². The molecule has 5 aromatic heterocycles. The number of likely N-dealkylation sites (N-methyl/N-ethyl adjacent to an activating group) is 3. The van der Waals surface area contributed by atoms with Crippen molar-refractivity contribution in [3.63, 3.8) is 0 Å². The van der Waals surface area contributed by atoms with Gasteiger partial charge in [-0.1, -0.05) is 58.7 Å². The second-order valence-electron chi connectivity index (χ2n) is 30.6.